The van der Waals surface area contributed by atoms with Crippen LogP contribution in [0.2, 0.25) is 5.02 Å². The summed E-state index contributed by atoms with van der Waals surface area (Å²) in [6, 6.07) is 7.22. The van der Waals surface area contributed by atoms with Crippen LogP contribution in [0.15, 0.2) is 41.0 Å². The molecule has 1 aliphatic heterocycles. The van der Waals surface area contributed by atoms with Gasteiger partial charge < -0.3 is 9.88 Å². The molecule has 1 fully saturated rings. The number of aromatic nitrogens is 2. The lowest BCUT2D eigenvalue weighted by atomic mass is 10.2. The molecule has 6 nitrogen and oxygen atoms in total. The van der Waals surface area contributed by atoms with E-state index in [-0.39, 0.29) is 0 Å². The molecule has 0 aliphatic carbocycles. The first kappa shape index (κ1) is 18.9. The van der Waals surface area contributed by atoms with Gasteiger partial charge >= 0.3 is 0 Å². The van der Waals surface area contributed by atoms with Crippen molar-refractivity contribution in [3.05, 3.63) is 47.5 Å². The van der Waals surface area contributed by atoms with Crippen molar-refractivity contribution < 1.29 is 8.42 Å². The van der Waals surface area contributed by atoms with Crippen molar-refractivity contribution in [3.8, 4) is 0 Å². The molecule has 27 heavy (non-hydrogen) atoms. The van der Waals surface area contributed by atoms with Crippen molar-refractivity contribution in [1.82, 2.24) is 19.2 Å². The number of rotatable bonds is 6. The minimum Gasteiger partial charge on any atom is -0.348 e. The molecule has 1 aromatic carbocycles. The molecule has 2 aromatic heterocycles. The fourth-order valence-corrected chi connectivity index (χ4v) is 6.59. The summed E-state index contributed by atoms with van der Waals surface area (Å²) in [6.07, 6.45) is 5.54. The molecule has 0 bridgehead atoms. The Morgan fingerprint density at radius 3 is 2.74 bits per heavy atom. The molecule has 0 spiro atoms. The number of halogens is 1. The summed E-state index contributed by atoms with van der Waals surface area (Å²) >= 11 is 7.31. The average Bonchev–Trinajstić information content (AvgIpc) is 3.31. The molecule has 0 amide bonds. The molecule has 1 aliphatic rings. The van der Waals surface area contributed by atoms with E-state index in [1.54, 1.807) is 22.8 Å². The van der Waals surface area contributed by atoms with Gasteiger partial charge in [0, 0.05) is 47.8 Å². The number of fused-ring (bicyclic) bond motifs is 1. The first-order valence-corrected chi connectivity index (χ1v) is 11.5. The van der Waals surface area contributed by atoms with Gasteiger partial charge in [-0.3, -0.25) is 0 Å². The maximum absolute atomic E-state index is 13.0. The SMILES string of the molecule is O=S(=O)(c1cc2ccc(Cl)cc2s1)N1CCN(CCCc2cnc[nH]2)CC1. The Hall–Kier alpha value is -1.45. The van der Waals surface area contributed by atoms with E-state index in [4.69, 9.17) is 11.6 Å². The molecule has 4 rings (SSSR count). The van der Waals surface area contributed by atoms with Crippen LogP contribution >= 0.6 is 22.9 Å². The van der Waals surface area contributed by atoms with E-state index >= 15 is 0 Å². The second-order valence-electron chi connectivity index (χ2n) is 6.67. The number of aromatic amines is 1. The maximum Gasteiger partial charge on any atom is 0.252 e. The molecule has 0 unspecified atom stereocenters. The standard InChI is InChI=1S/C18H21ClN4O2S2/c19-15-4-3-14-10-18(26-17(14)11-15)27(24,25)23-8-6-22(7-9-23)5-1-2-16-12-20-13-21-16/h3-4,10-13H,1-2,5-9H2,(H,20,21). The first-order chi connectivity index (χ1) is 13.0. The van der Waals surface area contributed by atoms with Gasteiger partial charge in [0.2, 0.25) is 0 Å². The zero-order valence-electron chi connectivity index (χ0n) is 14.8. The molecule has 9 heteroatoms. The number of H-pyrrole nitrogens is 1. The number of imidazole rings is 1. The fraction of sp³-hybridized carbons (Fsp3) is 0.389. The number of nitrogens with zero attached hydrogens (tertiary/aromatic N) is 3. The van der Waals surface area contributed by atoms with Crippen LogP contribution in [0.4, 0.5) is 0 Å². The maximum atomic E-state index is 13.0. The Balaban J connectivity index is 1.36. The normalized spacial score (nSPS) is 16.9. The monoisotopic (exact) mass is 424 g/mol. The minimum atomic E-state index is -3.45. The van der Waals surface area contributed by atoms with Crippen LogP contribution in [0.25, 0.3) is 10.1 Å². The van der Waals surface area contributed by atoms with Crippen molar-refractivity contribution in [2.45, 2.75) is 17.1 Å². The van der Waals surface area contributed by atoms with Gasteiger partial charge in [-0.2, -0.15) is 4.31 Å². The summed E-state index contributed by atoms with van der Waals surface area (Å²) in [5, 5.41) is 1.54. The van der Waals surface area contributed by atoms with E-state index in [1.807, 2.05) is 18.3 Å². The third-order valence-corrected chi connectivity index (χ3v) is 8.54. The second kappa shape index (κ2) is 7.89. The Labute approximate surface area is 167 Å². The summed E-state index contributed by atoms with van der Waals surface area (Å²) in [5.41, 5.74) is 1.14. The van der Waals surface area contributed by atoms with Crippen molar-refractivity contribution >= 4 is 43.0 Å². The van der Waals surface area contributed by atoms with Gasteiger partial charge in [-0.15, -0.1) is 11.3 Å². The summed E-state index contributed by atoms with van der Waals surface area (Å²) in [4.78, 5) is 9.46. The molecule has 0 atom stereocenters. The number of aryl methyl sites for hydroxylation is 1. The largest absolute Gasteiger partial charge is 0.348 e. The highest BCUT2D eigenvalue weighted by atomic mass is 35.5. The van der Waals surface area contributed by atoms with Gasteiger partial charge in [-0.05, 0) is 43.0 Å². The summed E-state index contributed by atoms with van der Waals surface area (Å²) in [7, 11) is -3.45. The van der Waals surface area contributed by atoms with Crippen molar-refractivity contribution in [2.24, 2.45) is 0 Å². The van der Waals surface area contributed by atoms with Crippen LogP contribution < -0.4 is 0 Å². The molecule has 0 saturated carbocycles. The Kier molecular flexibility index (Phi) is 5.52. The van der Waals surface area contributed by atoms with E-state index in [1.165, 1.54) is 11.3 Å². The van der Waals surface area contributed by atoms with E-state index in [0.29, 0.717) is 22.3 Å². The van der Waals surface area contributed by atoms with Gasteiger partial charge in [0.1, 0.15) is 4.21 Å². The quantitative estimate of drug-likeness (QED) is 0.659. The summed E-state index contributed by atoms with van der Waals surface area (Å²) < 4.78 is 28.9. The van der Waals surface area contributed by atoms with Crippen LogP contribution in [0.1, 0.15) is 12.1 Å². The minimum absolute atomic E-state index is 0.396. The van der Waals surface area contributed by atoms with E-state index in [9.17, 15) is 8.42 Å². The van der Waals surface area contributed by atoms with E-state index < -0.39 is 10.0 Å². The fourth-order valence-electron chi connectivity index (χ4n) is 3.34. The molecule has 144 valence electrons. The van der Waals surface area contributed by atoms with Crippen LogP contribution in [-0.2, 0) is 16.4 Å². The van der Waals surface area contributed by atoms with Crippen LogP contribution in [0.5, 0.6) is 0 Å². The average molecular weight is 425 g/mol. The highest BCUT2D eigenvalue weighted by molar-refractivity contribution is 7.91. The van der Waals surface area contributed by atoms with Gasteiger partial charge in [0.05, 0.1) is 6.33 Å². The summed E-state index contributed by atoms with van der Waals surface area (Å²) in [5.74, 6) is 0. The number of hydrogen-bond acceptors (Lipinski definition) is 5. The van der Waals surface area contributed by atoms with Crippen LogP contribution in [-0.4, -0.2) is 60.3 Å². The lowest BCUT2D eigenvalue weighted by Crippen LogP contribution is -2.48. The predicted octanol–water partition coefficient (Wildman–Crippen LogP) is 3.22. The van der Waals surface area contributed by atoms with E-state index in [2.05, 4.69) is 14.9 Å². The zero-order valence-corrected chi connectivity index (χ0v) is 17.2. The van der Waals surface area contributed by atoms with Crippen molar-refractivity contribution in [3.63, 3.8) is 0 Å². The lowest BCUT2D eigenvalue weighted by molar-refractivity contribution is 0.187. The number of hydrogen-bond donors (Lipinski definition) is 1. The molecular formula is C18H21ClN4O2S2. The molecular weight excluding hydrogens is 404 g/mol. The molecule has 1 saturated heterocycles. The van der Waals surface area contributed by atoms with Gasteiger partial charge in [-0.25, -0.2) is 13.4 Å². The third-order valence-electron chi connectivity index (χ3n) is 4.86. The summed E-state index contributed by atoms with van der Waals surface area (Å²) in [6.45, 7) is 3.55. The topological polar surface area (TPSA) is 69.3 Å². The van der Waals surface area contributed by atoms with Crippen molar-refractivity contribution in [1.29, 1.82) is 0 Å². The van der Waals surface area contributed by atoms with Crippen LogP contribution in [0.3, 0.4) is 0 Å². The molecule has 3 aromatic rings. The number of nitrogens with one attached hydrogen (secondary N) is 1. The number of sulfonamides is 1. The zero-order chi connectivity index (χ0) is 18.9. The van der Waals surface area contributed by atoms with Gasteiger partial charge in [0.15, 0.2) is 0 Å². The van der Waals surface area contributed by atoms with Crippen molar-refractivity contribution in [2.75, 3.05) is 32.7 Å². The second-order valence-corrected chi connectivity index (χ2v) is 10.4. The Bertz CT molecular complexity index is 1010. The first-order valence-electron chi connectivity index (χ1n) is 8.91. The lowest BCUT2D eigenvalue weighted by Gasteiger charge is -2.33. The van der Waals surface area contributed by atoms with E-state index in [0.717, 1.165) is 48.3 Å². The van der Waals surface area contributed by atoms with Gasteiger partial charge in [-0.1, -0.05) is 17.7 Å². The highest BCUT2D eigenvalue weighted by Crippen LogP contribution is 2.33. The molecule has 1 N–H and O–H groups in total. The van der Waals surface area contributed by atoms with Gasteiger partial charge in [0.25, 0.3) is 10.0 Å². The Morgan fingerprint density at radius 1 is 1.19 bits per heavy atom. The third kappa shape index (κ3) is 4.20. The molecule has 3 heterocycles. The number of piperazine rings is 1. The number of benzene rings is 1. The smallest absolute Gasteiger partial charge is 0.252 e. The highest BCUT2D eigenvalue weighted by Gasteiger charge is 2.29. The predicted molar refractivity (Wildman–Crippen MR) is 109 cm³/mol. The van der Waals surface area contributed by atoms with Crippen LogP contribution in [0, 0.1) is 0 Å². The number of thiophene rings is 1. The Morgan fingerprint density at radius 2 is 2.00 bits per heavy atom. The molecule has 0 radical (unpaired) electrons.